The van der Waals surface area contributed by atoms with Gasteiger partial charge in [0.1, 0.15) is 17.5 Å². The van der Waals surface area contributed by atoms with Gasteiger partial charge in [-0.25, -0.2) is 4.98 Å². The third-order valence-electron chi connectivity index (χ3n) is 2.69. The largest absolute Gasteiger partial charge is 0.491 e. The first-order chi connectivity index (χ1) is 8.33. The highest BCUT2D eigenvalue weighted by molar-refractivity contribution is 7.14. The van der Waals surface area contributed by atoms with E-state index in [4.69, 9.17) is 16.3 Å². The highest BCUT2D eigenvalue weighted by Crippen LogP contribution is 2.29. The van der Waals surface area contributed by atoms with Crippen LogP contribution in [0, 0.1) is 0 Å². The lowest BCUT2D eigenvalue weighted by Crippen LogP contribution is -2.24. The Bertz CT molecular complexity index is 529. The molecule has 1 aromatic carbocycles. The number of fused-ring (bicyclic) bond motifs is 1. The predicted octanol–water partition coefficient (Wildman–Crippen LogP) is 3.20. The molecule has 0 bridgehead atoms. The van der Waals surface area contributed by atoms with E-state index < -0.39 is 0 Å². The van der Waals surface area contributed by atoms with Crippen LogP contribution in [-0.4, -0.2) is 18.1 Å². The second kappa shape index (κ2) is 4.55. The zero-order valence-electron chi connectivity index (χ0n) is 9.10. The summed E-state index contributed by atoms with van der Waals surface area (Å²) < 4.78 is 5.71. The molecule has 0 spiro atoms. The van der Waals surface area contributed by atoms with Gasteiger partial charge in [0, 0.05) is 17.5 Å². The number of hydrogen-bond acceptors (Lipinski definition) is 4. The summed E-state index contributed by atoms with van der Waals surface area (Å²) in [6.07, 6.45) is 0. The molecule has 0 saturated carbocycles. The number of halogens is 1. The van der Waals surface area contributed by atoms with Crippen molar-refractivity contribution in [1.82, 2.24) is 4.98 Å². The molecule has 3 rings (SSSR count). The van der Waals surface area contributed by atoms with Crippen LogP contribution < -0.4 is 9.64 Å². The highest BCUT2D eigenvalue weighted by atomic mass is 35.5. The monoisotopic (exact) mass is 266 g/mol. The van der Waals surface area contributed by atoms with Gasteiger partial charge in [-0.2, -0.15) is 0 Å². The van der Waals surface area contributed by atoms with Gasteiger partial charge in [0.25, 0.3) is 0 Å². The molecular formula is C12H11ClN2OS. The van der Waals surface area contributed by atoms with Crippen molar-refractivity contribution in [1.29, 1.82) is 0 Å². The molecule has 0 atom stereocenters. The van der Waals surface area contributed by atoms with E-state index in [-0.39, 0.29) is 0 Å². The molecular weight excluding hydrogens is 256 g/mol. The Morgan fingerprint density at radius 1 is 1.35 bits per heavy atom. The Morgan fingerprint density at radius 2 is 2.24 bits per heavy atom. The summed E-state index contributed by atoms with van der Waals surface area (Å²) >= 11 is 7.43. The Morgan fingerprint density at radius 3 is 3.06 bits per heavy atom. The minimum absolute atomic E-state index is 0.559. The molecule has 1 aromatic heterocycles. The van der Waals surface area contributed by atoms with Gasteiger partial charge in [0.2, 0.25) is 0 Å². The normalized spacial score (nSPS) is 15.0. The average Bonchev–Trinajstić information content (AvgIpc) is 2.65. The minimum Gasteiger partial charge on any atom is -0.491 e. The number of thiazole rings is 1. The van der Waals surface area contributed by atoms with Gasteiger partial charge in [-0.05, 0) is 6.07 Å². The maximum atomic E-state index is 5.86. The van der Waals surface area contributed by atoms with Gasteiger partial charge in [0.15, 0.2) is 5.13 Å². The molecule has 3 nitrogen and oxygen atoms in total. The lowest BCUT2D eigenvalue weighted by Gasteiger charge is -2.18. The van der Waals surface area contributed by atoms with Gasteiger partial charge in [0.05, 0.1) is 6.54 Å². The number of aromatic nitrogens is 1. The van der Waals surface area contributed by atoms with Crippen LogP contribution in [0.5, 0.6) is 5.75 Å². The standard InChI is InChI=1S/C12H11ClN2OS/c13-11-8-17-12(14-11)15-5-6-16-10-4-2-1-3-9(10)7-15/h1-4,8H,5-7H2. The van der Waals surface area contributed by atoms with Gasteiger partial charge >= 0.3 is 0 Å². The van der Waals surface area contributed by atoms with Gasteiger partial charge in [-0.1, -0.05) is 29.8 Å². The molecule has 2 heterocycles. The zero-order chi connectivity index (χ0) is 11.7. The number of anilines is 1. The first-order valence-electron chi connectivity index (χ1n) is 5.39. The zero-order valence-corrected chi connectivity index (χ0v) is 10.7. The Balaban J connectivity index is 1.90. The van der Waals surface area contributed by atoms with E-state index in [0.717, 1.165) is 24.0 Å². The second-order valence-corrected chi connectivity index (χ2v) is 5.05. The number of para-hydroxylation sites is 1. The van der Waals surface area contributed by atoms with Crippen LogP contribution >= 0.6 is 22.9 Å². The smallest absolute Gasteiger partial charge is 0.187 e. The van der Waals surface area contributed by atoms with E-state index in [1.54, 1.807) is 11.3 Å². The molecule has 1 aliphatic rings. The minimum atomic E-state index is 0.559. The van der Waals surface area contributed by atoms with Gasteiger partial charge in [-0.15, -0.1) is 11.3 Å². The fraction of sp³-hybridized carbons (Fsp3) is 0.250. The first kappa shape index (κ1) is 10.9. The van der Waals surface area contributed by atoms with Crippen LogP contribution in [0.15, 0.2) is 29.6 Å². The van der Waals surface area contributed by atoms with Crippen LogP contribution in [0.2, 0.25) is 5.15 Å². The Kier molecular flexibility index (Phi) is 2.91. The Hall–Kier alpha value is -1.26. The highest BCUT2D eigenvalue weighted by Gasteiger charge is 2.17. The summed E-state index contributed by atoms with van der Waals surface area (Å²) in [6.45, 7) is 2.33. The number of ether oxygens (including phenoxy) is 1. The third kappa shape index (κ3) is 2.23. The number of rotatable bonds is 1. The SMILES string of the molecule is Clc1csc(N2CCOc3ccccc3C2)n1. The third-order valence-corrected chi connectivity index (χ3v) is 3.91. The van der Waals surface area contributed by atoms with Crippen LogP contribution in [0.1, 0.15) is 5.56 Å². The van der Waals surface area contributed by atoms with Crippen molar-refractivity contribution in [2.75, 3.05) is 18.1 Å². The van der Waals surface area contributed by atoms with E-state index in [1.807, 2.05) is 23.6 Å². The summed E-state index contributed by atoms with van der Waals surface area (Å²) in [4.78, 5) is 6.50. The maximum Gasteiger partial charge on any atom is 0.187 e. The van der Waals surface area contributed by atoms with Gasteiger partial charge < -0.3 is 9.64 Å². The van der Waals surface area contributed by atoms with Crippen molar-refractivity contribution >= 4 is 28.1 Å². The fourth-order valence-corrected chi connectivity index (χ4v) is 2.85. The lowest BCUT2D eigenvalue weighted by atomic mass is 10.2. The topological polar surface area (TPSA) is 25.4 Å². The van der Waals surface area contributed by atoms with Crippen molar-refractivity contribution in [2.24, 2.45) is 0 Å². The molecule has 88 valence electrons. The molecule has 0 fully saturated rings. The molecule has 0 aliphatic carbocycles. The maximum absolute atomic E-state index is 5.86. The van der Waals surface area contributed by atoms with Crippen LogP contribution in [-0.2, 0) is 6.54 Å². The first-order valence-corrected chi connectivity index (χ1v) is 6.65. The van der Waals surface area contributed by atoms with E-state index in [1.165, 1.54) is 5.56 Å². The van der Waals surface area contributed by atoms with Crippen molar-refractivity contribution < 1.29 is 4.74 Å². The molecule has 0 unspecified atom stereocenters. The number of hydrogen-bond donors (Lipinski definition) is 0. The van der Waals surface area contributed by atoms with Crippen LogP contribution in [0.4, 0.5) is 5.13 Å². The summed E-state index contributed by atoms with van der Waals surface area (Å²) in [6, 6.07) is 8.12. The molecule has 0 amide bonds. The van der Waals surface area contributed by atoms with E-state index in [9.17, 15) is 0 Å². The van der Waals surface area contributed by atoms with Crippen LogP contribution in [0.25, 0.3) is 0 Å². The molecule has 0 radical (unpaired) electrons. The van der Waals surface area contributed by atoms with Crippen molar-refractivity contribution in [3.63, 3.8) is 0 Å². The Labute approximate surface area is 109 Å². The average molecular weight is 267 g/mol. The quantitative estimate of drug-likeness (QED) is 0.793. The fourth-order valence-electron chi connectivity index (χ4n) is 1.88. The second-order valence-electron chi connectivity index (χ2n) is 3.83. The van der Waals surface area contributed by atoms with E-state index in [2.05, 4.69) is 16.0 Å². The van der Waals surface area contributed by atoms with Crippen molar-refractivity contribution in [3.05, 3.63) is 40.4 Å². The summed E-state index contributed by atoms with van der Waals surface area (Å²) in [5.74, 6) is 0.970. The van der Waals surface area contributed by atoms with Crippen molar-refractivity contribution in [3.8, 4) is 5.75 Å². The van der Waals surface area contributed by atoms with Gasteiger partial charge in [-0.3, -0.25) is 0 Å². The van der Waals surface area contributed by atoms with E-state index in [0.29, 0.717) is 11.8 Å². The summed E-state index contributed by atoms with van der Waals surface area (Å²) in [7, 11) is 0. The molecule has 0 saturated heterocycles. The van der Waals surface area contributed by atoms with E-state index >= 15 is 0 Å². The lowest BCUT2D eigenvalue weighted by molar-refractivity contribution is 0.331. The van der Waals surface area contributed by atoms with Crippen molar-refractivity contribution in [2.45, 2.75) is 6.54 Å². The summed E-state index contributed by atoms with van der Waals surface area (Å²) in [5, 5.41) is 3.37. The molecule has 1 aliphatic heterocycles. The number of nitrogens with zero attached hydrogens (tertiary/aromatic N) is 2. The molecule has 5 heteroatoms. The molecule has 0 N–H and O–H groups in total. The molecule has 2 aromatic rings. The molecule has 17 heavy (non-hydrogen) atoms. The predicted molar refractivity (Wildman–Crippen MR) is 70.1 cm³/mol. The summed E-state index contributed by atoms with van der Waals surface area (Å²) in [5.41, 5.74) is 1.19. The van der Waals surface area contributed by atoms with Crippen LogP contribution in [0.3, 0.4) is 0 Å². The number of benzene rings is 1.